The first kappa shape index (κ1) is 28.2. The van der Waals surface area contributed by atoms with Gasteiger partial charge in [-0.1, -0.05) is 53.7 Å². The van der Waals surface area contributed by atoms with Crippen molar-refractivity contribution < 1.29 is 14.5 Å². The molecule has 4 aromatic rings. The molecule has 210 valence electrons. The monoisotopic (exact) mass is 589 g/mol. The zero-order valence-corrected chi connectivity index (χ0v) is 24.2. The molecular formula is C28H27N7O4S2. The summed E-state index contributed by atoms with van der Waals surface area (Å²) in [5.41, 5.74) is 3.46. The minimum absolute atomic E-state index is 0.0645. The van der Waals surface area contributed by atoms with E-state index in [1.54, 1.807) is 28.0 Å². The van der Waals surface area contributed by atoms with Gasteiger partial charge in [0.2, 0.25) is 0 Å². The number of hydrogen-bond acceptors (Lipinski definition) is 9. The predicted octanol–water partition coefficient (Wildman–Crippen LogP) is 4.80. The molecule has 0 saturated carbocycles. The molecule has 1 atom stereocenters. The van der Waals surface area contributed by atoms with Crippen LogP contribution in [0.15, 0.2) is 70.2 Å². The van der Waals surface area contributed by atoms with Crippen molar-refractivity contribution in [1.82, 2.24) is 25.1 Å². The largest absolute Gasteiger partial charge is 0.345 e. The minimum atomic E-state index is -0.515. The second-order valence-corrected chi connectivity index (χ2v) is 11.4. The molecular weight excluding hydrogens is 562 g/mol. The van der Waals surface area contributed by atoms with Crippen LogP contribution >= 0.6 is 23.1 Å². The summed E-state index contributed by atoms with van der Waals surface area (Å²) in [5.74, 6) is -0.0113. The molecule has 13 heteroatoms. The molecule has 0 radical (unpaired) electrons. The molecule has 0 bridgehead atoms. The first-order valence-corrected chi connectivity index (χ1v) is 14.6. The molecule has 0 aliphatic carbocycles. The normalized spacial score (nSPS) is 14.7. The van der Waals surface area contributed by atoms with Crippen LogP contribution in [0.25, 0.3) is 0 Å². The van der Waals surface area contributed by atoms with Gasteiger partial charge in [-0.05, 0) is 36.9 Å². The molecule has 41 heavy (non-hydrogen) atoms. The van der Waals surface area contributed by atoms with Crippen molar-refractivity contribution in [2.45, 2.75) is 38.0 Å². The lowest BCUT2D eigenvalue weighted by atomic mass is 10.00. The van der Waals surface area contributed by atoms with Crippen LogP contribution in [0.3, 0.4) is 0 Å². The van der Waals surface area contributed by atoms with Gasteiger partial charge in [0.25, 0.3) is 17.5 Å². The molecule has 1 unspecified atom stereocenters. The van der Waals surface area contributed by atoms with Gasteiger partial charge in [0.15, 0.2) is 11.0 Å². The van der Waals surface area contributed by atoms with Crippen molar-refractivity contribution in [2.75, 3.05) is 5.75 Å². The summed E-state index contributed by atoms with van der Waals surface area (Å²) in [6.07, 6.45) is 0.637. The average molecular weight is 590 g/mol. The number of carbonyl (C=O) groups excluding carboxylic acids is 2. The molecule has 1 aliphatic heterocycles. The molecule has 2 aromatic carbocycles. The fourth-order valence-corrected chi connectivity index (χ4v) is 6.02. The van der Waals surface area contributed by atoms with Gasteiger partial charge >= 0.3 is 0 Å². The van der Waals surface area contributed by atoms with Gasteiger partial charge in [-0.15, -0.1) is 21.5 Å². The van der Waals surface area contributed by atoms with Crippen LogP contribution in [-0.2, 0) is 18.4 Å². The lowest BCUT2D eigenvalue weighted by Gasteiger charge is -2.22. The molecule has 11 nitrogen and oxygen atoms in total. The lowest BCUT2D eigenvalue weighted by molar-refractivity contribution is -0.385. The topological polar surface area (TPSA) is 136 Å². The molecule has 5 rings (SSSR count). The van der Waals surface area contributed by atoms with E-state index in [0.29, 0.717) is 23.0 Å². The van der Waals surface area contributed by atoms with Crippen LogP contribution in [0.4, 0.5) is 5.69 Å². The zero-order chi connectivity index (χ0) is 29.1. The van der Waals surface area contributed by atoms with Crippen molar-refractivity contribution in [1.29, 1.82) is 0 Å². The Morgan fingerprint density at radius 1 is 1.12 bits per heavy atom. The number of nitrogens with one attached hydrogen (secondary N) is 1. The van der Waals surface area contributed by atoms with Gasteiger partial charge in [-0.2, -0.15) is 5.10 Å². The van der Waals surface area contributed by atoms with Crippen LogP contribution in [0.5, 0.6) is 0 Å². The third kappa shape index (κ3) is 6.05. The number of hydrazone groups is 1. The third-order valence-corrected chi connectivity index (χ3v) is 8.76. The summed E-state index contributed by atoms with van der Waals surface area (Å²) in [6, 6.07) is 16.3. The van der Waals surface area contributed by atoms with Crippen LogP contribution in [0.1, 0.15) is 50.2 Å². The molecule has 1 aliphatic rings. The Balaban J connectivity index is 1.25. The summed E-state index contributed by atoms with van der Waals surface area (Å²) in [7, 11) is 1.75. The van der Waals surface area contributed by atoms with E-state index in [4.69, 9.17) is 5.10 Å². The number of thiophene rings is 1. The summed E-state index contributed by atoms with van der Waals surface area (Å²) in [5, 5.41) is 31.1. The summed E-state index contributed by atoms with van der Waals surface area (Å²) in [6.45, 7) is 3.63. The molecule has 2 amide bonds. The molecule has 0 saturated heterocycles. The van der Waals surface area contributed by atoms with Gasteiger partial charge in [-0.3, -0.25) is 19.7 Å². The maximum atomic E-state index is 13.4. The number of nitrogens with zero attached hydrogens (tertiary/aromatic N) is 6. The number of thioether (sulfide) groups is 1. The SMILES string of the molecule is Cc1ccc(C2CC(c3cccs3)=NN2C(=O)CSc2nnc(CNC(=O)c3cccc([N+](=O)[O-])c3C)n2C)cc1. The van der Waals surface area contributed by atoms with Crippen molar-refractivity contribution >= 4 is 46.3 Å². The second-order valence-electron chi connectivity index (χ2n) is 9.53. The van der Waals surface area contributed by atoms with E-state index < -0.39 is 10.8 Å². The molecule has 0 spiro atoms. The van der Waals surface area contributed by atoms with E-state index in [2.05, 4.69) is 15.5 Å². The van der Waals surface area contributed by atoms with Crippen molar-refractivity contribution in [3.63, 3.8) is 0 Å². The number of nitro benzene ring substituents is 1. The lowest BCUT2D eigenvalue weighted by Crippen LogP contribution is -2.28. The zero-order valence-electron chi connectivity index (χ0n) is 22.6. The Kier molecular flexibility index (Phi) is 8.26. The van der Waals surface area contributed by atoms with Crippen molar-refractivity contribution in [2.24, 2.45) is 12.1 Å². The Hall–Kier alpha value is -4.36. The number of hydrogen-bond donors (Lipinski definition) is 1. The maximum Gasteiger partial charge on any atom is 0.273 e. The third-order valence-electron chi connectivity index (χ3n) is 6.84. The Morgan fingerprint density at radius 3 is 2.61 bits per heavy atom. The van der Waals surface area contributed by atoms with Gasteiger partial charge in [0.1, 0.15) is 0 Å². The van der Waals surface area contributed by atoms with Crippen LogP contribution in [0.2, 0.25) is 0 Å². The number of benzene rings is 2. The van der Waals surface area contributed by atoms with E-state index in [1.807, 2.05) is 48.7 Å². The molecule has 2 aromatic heterocycles. The number of carbonyl (C=O) groups is 2. The highest BCUT2D eigenvalue weighted by Gasteiger charge is 2.33. The van der Waals surface area contributed by atoms with Gasteiger partial charge < -0.3 is 9.88 Å². The molecule has 3 heterocycles. The first-order valence-electron chi connectivity index (χ1n) is 12.8. The highest BCUT2D eigenvalue weighted by molar-refractivity contribution is 7.99. The number of aryl methyl sites for hydroxylation is 1. The van der Waals surface area contributed by atoms with E-state index in [-0.39, 0.29) is 35.5 Å². The first-order chi connectivity index (χ1) is 19.7. The minimum Gasteiger partial charge on any atom is -0.345 e. The fraction of sp³-hybridized carbons (Fsp3) is 0.250. The molecule has 1 N–H and O–H groups in total. The Morgan fingerprint density at radius 2 is 1.90 bits per heavy atom. The van der Waals surface area contributed by atoms with E-state index in [1.165, 1.54) is 36.9 Å². The van der Waals surface area contributed by atoms with Gasteiger partial charge in [0.05, 0.1) is 33.9 Å². The van der Waals surface area contributed by atoms with Gasteiger partial charge in [0, 0.05) is 30.7 Å². The fourth-order valence-electron chi connectivity index (χ4n) is 4.52. The van der Waals surface area contributed by atoms with Crippen LogP contribution < -0.4 is 5.32 Å². The number of aromatic nitrogens is 3. The van der Waals surface area contributed by atoms with Crippen LogP contribution in [-0.4, -0.2) is 48.0 Å². The smallest absolute Gasteiger partial charge is 0.273 e. The van der Waals surface area contributed by atoms with Crippen LogP contribution in [0, 0.1) is 24.0 Å². The highest BCUT2D eigenvalue weighted by atomic mass is 32.2. The number of nitro groups is 1. The number of amides is 2. The molecule has 0 fully saturated rings. The predicted molar refractivity (Wildman–Crippen MR) is 157 cm³/mol. The van der Waals surface area contributed by atoms with Crippen molar-refractivity contribution in [3.05, 3.63) is 103 Å². The second kappa shape index (κ2) is 12.0. The van der Waals surface area contributed by atoms with Gasteiger partial charge in [-0.25, -0.2) is 5.01 Å². The van der Waals surface area contributed by atoms with E-state index in [9.17, 15) is 19.7 Å². The number of rotatable bonds is 9. The summed E-state index contributed by atoms with van der Waals surface area (Å²) >= 11 is 2.84. The van der Waals surface area contributed by atoms with Crippen molar-refractivity contribution in [3.8, 4) is 0 Å². The summed E-state index contributed by atoms with van der Waals surface area (Å²) in [4.78, 5) is 37.9. The maximum absolute atomic E-state index is 13.4. The average Bonchev–Trinajstić information content (AvgIpc) is 3.71. The summed E-state index contributed by atoms with van der Waals surface area (Å²) < 4.78 is 1.71. The van der Waals surface area contributed by atoms with E-state index >= 15 is 0 Å². The highest BCUT2D eigenvalue weighted by Crippen LogP contribution is 2.34. The Bertz CT molecular complexity index is 1630. The standard InChI is InChI=1S/C28H27N7O4S2/c1-17-9-11-19(12-10-17)23-14-21(24-8-5-13-40-24)32-34(23)26(36)16-41-28-31-30-25(33(28)3)15-29-27(37)20-6-4-7-22(18(20)2)35(38)39/h4-13,23H,14-16H2,1-3H3,(H,29,37). The quantitative estimate of drug-likeness (QED) is 0.168. The Labute approximate surface area is 244 Å². The van der Waals surface area contributed by atoms with E-state index in [0.717, 1.165) is 21.7 Å².